The minimum Gasteiger partial charge on any atom is -0.480 e. The quantitative estimate of drug-likeness (QED) is 0.676. The standard InChI is InChI=1S/C14H18N2O4/c1-10(11-5-4-6-12(9-11)16(19)20)15-8-3-2-7-13(15)14(17)18/h4-6,9-10,13H,2-3,7-8H2,1H3,(H,17,18). The molecule has 1 aliphatic rings. The Morgan fingerprint density at radius 1 is 1.50 bits per heavy atom. The Hall–Kier alpha value is -1.95. The van der Waals surface area contributed by atoms with Crippen LogP contribution in [0.1, 0.15) is 37.8 Å². The maximum atomic E-state index is 11.3. The van der Waals surface area contributed by atoms with E-state index in [1.54, 1.807) is 6.07 Å². The zero-order valence-electron chi connectivity index (χ0n) is 11.4. The first kappa shape index (κ1) is 14.5. The van der Waals surface area contributed by atoms with Gasteiger partial charge in [-0.3, -0.25) is 19.8 Å². The number of nitrogens with zero attached hydrogens (tertiary/aromatic N) is 2. The van der Waals surface area contributed by atoms with Gasteiger partial charge in [-0.05, 0) is 31.9 Å². The summed E-state index contributed by atoms with van der Waals surface area (Å²) in [7, 11) is 0. The molecule has 0 aromatic heterocycles. The molecule has 1 fully saturated rings. The van der Waals surface area contributed by atoms with Crippen LogP contribution in [0.5, 0.6) is 0 Å². The number of non-ortho nitro benzene ring substituents is 1. The predicted molar refractivity (Wildman–Crippen MR) is 73.5 cm³/mol. The van der Waals surface area contributed by atoms with Crippen molar-refractivity contribution in [3.8, 4) is 0 Å². The Balaban J connectivity index is 2.24. The third-order valence-corrected chi connectivity index (χ3v) is 3.89. The van der Waals surface area contributed by atoms with Gasteiger partial charge in [0.1, 0.15) is 6.04 Å². The van der Waals surface area contributed by atoms with Crippen molar-refractivity contribution in [1.29, 1.82) is 0 Å². The van der Waals surface area contributed by atoms with Crippen LogP contribution >= 0.6 is 0 Å². The maximum absolute atomic E-state index is 11.3. The summed E-state index contributed by atoms with van der Waals surface area (Å²) in [5, 5.41) is 20.1. The van der Waals surface area contributed by atoms with Gasteiger partial charge in [-0.1, -0.05) is 18.6 Å². The largest absolute Gasteiger partial charge is 0.480 e. The fraction of sp³-hybridized carbons (Fsp3) is 0.500. The molecule has 0 aliphatic carbocycles. The number of carbonyl (C=O) groups is 1. The highest BCUT2D eigenvalue weighted by molar-refractivity contribution is 5.73. The lowest BCUT2D eigenvalue weighted by molar-refractivity contribution is -0.385. The van der Waals surface area contributed by atoms with E-state index in [2.05, 4.69) is 0 Å². The number of aliphatic carboxylic acids is 1. The van der Waals surface area contributed by atoms with E-state index < -0.39 is 16.9 Å². The summed E-state index contributed by atoms with van der Waals surface area (Å²) >= 11 is 0. The van der Waals surface area contributed by atoms with E-state index in [4.69, 9.17) is 0 Å². The molecule has 6 heteroatoms. The second-order valence-electron chi connectivity index (χ2n) is 5.12. The highest BCUT2D eigenvalue weighted by Crippen LogP contribution is 2.30. The molecule has 0 saturated carbocycles. The Labute approximate surface area is 117 Å². The van der Waals surface area contributed by atoms with Gasteiger partial charge in [0.25, 0.3) is 5.69 Å². The number of hydrogen-bond donors (Lipinski definition) is 1. The van der Waals surface area contributed by atoms with Gasteiger partial charge in [0.05, 0.1) is 4.92 Å². The van der Waals surface area contributed by atoms with Crippen LogP contribution in [0.4, 0.5) is 5.69 Å². The lowest BCUT2D eigenvalue weighted by Crippen LogP contribution is -2.45. The molecule has 2 atom stereocenters. The third kappa shape index (κ3) is 2.96. The van der Waals surface area contributed by atoms with Gasteiger partial charge in [-0.25, -0.2) is 0 Å². The number of hydrogen-bond acceptors (Lipinski definition) is 4. The topological polar surface area (TPSA) is 83.7 Å². The highest BCUT2D eigenvalue weighted by Gasteiger charge is 2.32. The zero-order valence-corrected chi connectivity index (χ0v) is 11.4. The van der Waals surface area contributed by atoms with Crippen LogP contribution in [-0.4, -0.2) is 33.5 Å². The number of carboxylic acid groups (broad SMARTS) is 1. The molecular weight excluding hydrogens is 260 g/mol. The molecule has 0 spiro atoms. The van der Waals surface area contributed by atoms with E-state index in [-0.39, 0.29) is 11.7 Å². The second-order valence-corrected chi connectivity index (χ2v) is 5.12. The number of carboxylic acids is 1. The molecular formula is C14H18N2O4. The summed E-state index contributed by atoms with van der Waals surface area (Å²) in [6.07, 6.45) is 2.51. The lowest BCUT2D eigenvalue weighted by atomic mass is 9.97. The molecule has 2 rings (SSSR count). The maximum Gasteiger partial charge on any atom is 0.320 e. The first-order valence-electron chi connectivity index (χ1n) is 6.73. The van der Waals surface area contributed by atoms with Crippen molar-refractivity contribution in [3.63, 3.8) is 0 Å². The van der Waals surface area contributed by atoms with E-state index in [1.165, 1.54) is 12.1 Å². The van der Waals surface area contributed by atoms with Crippen molar-refractivity contribution in [2.24, 2.45) is 0 Å². The Morgan fingerprint density at radius 3 is 2.90 bits per heavy atom. The minimum atomic E-state index is -0.818. The van der Waals surface area contributed by atoms with E-state index in [9.17, 15) is 20.0 Å². The van der Waals surface area contributed by atoms with Crippen LogP contribution < -0.4 is 0 Å². The second kappa shape index (κ2) is 6.00. The normalized spacial score (nSPS) is 21.4. The summed E-state index contributed by atoms with van der Waals surface area (Å²) in [4.78, 5) is 23.6. The van der Waals surface area contributed by atoms with Gasteiger partial charge in [-0.2, -0.15) is 0 Å². The Kier molecular flexibility index (Phi) is 4.34. The Morgan fingerprint density at radius 2 is 2.25 bits per heavy atom. The fourth-order valence-electron chi connectivity index (χ4n) is 2.77. The van der Waals surface area contributed by atoms with Crippen molar-refractivity contribution in [2.75, 3.05) is 6.54 Å². The molecule has 0 radical (unpaired) electrons. The number of piperidine rings is 1. The SMILES string of the molecule is CC(c1cccc([N+](=O)[O-])c1)N1CCCCC1C(=O)O. The molecule has 1 N–H and O–H groups in total. The molecule has 1 aromatic carbocycles. The molecule has 2 unspecified atom stereocenters. The fourth-order valence-corrected chi connectivity index (χ4v) is 2.77. The minimum absolute atomic E-state index is 0.0400. The molecule has 6 nitrogen and oxygen atoms in total. The first-order chi connectivity index (χ1) is 9.50. The molecule has 1 aromatic rings. The zero-order chi connectivity index (χ0) is 14.7. The van der Waals surface area contributed by atoms with Gasteiger partial charge < -0.3 is 5.11 Å². The summed E-state index contributed by atoms with van der Waals surface area (Å²) in [5.74, 6) is -0.818. The highest BCUT2D eigenvalue weighted by atomic mass is 16.6. The average molecular weight is 278 g/mol. The van der Waals surface area contributed by atoms with E-state index in [0.29, 0.717) is 13.0 Å². The molecule has 20 heavy (non-hydrogen) atoms. The van der Waals surface area contributed by atoms with E-state index in [1.807, 2.05) is 17.9 Å². The molecule has 1 heterocycles. The Bertz CT molecular complexity index is 518. The number of rotatable bonds is 4. The van der Waals surface area contributed by atoms with Crippen molar-refractivity contribution in [1.82, 2.24) is 4.90 Å². The molecule has 108 valence electrons. The van der Waals surface area contributed by atoms with Gasteiger partial charge in [0.15, 0.2) is 0 Å². The van der Waals surface area contributed by atoms with Crippen molar-refractivity contribution < 1.29 is 14.8 Å². The van der Waals surface area contributed by atoms with Crippen LogP contribution in [0.25, 0.3) is 0 Å². The monoisotopic (exact) mass is 278 g/mol. The van der Waals surface area contributed by atoms with Gasteiger partial charge in [-0.15, -0.1) is 0 Å². The van der Waals surface area contributed by atoms with E-state index in [0.717, 1.165) is 18.4 Å². The predicted octanol–water partition coefficient (Wildman–Crippen LogP) is 2.59. The van der Waals surface area contributed by atoms with Crippen molar-refractivity contribution in [3.05, 3.63) is 39.9 Å². The van der Waals surface area contributed by atoms with Crippen LogP contribution in [-0.2, 0) is 4.79 Å². The van der Waals surface area contributed by atoms with Crippen LogP contribution in [0.3, 0.4) is 0 Å². The van der Waals surface area contributed by atoms with Crippen LogP contribution in [0.2, 0.25) is 0 Å². The van der Waals surface area contributed by atoms with Gasteiger partial charge in [0.2, 0.25) is 0 Å². The lowest BCUT2D eigenvalue weighted by Gasteiger charge is -2.37. The number of nitro groups is 1. The van der Waals surface area contributed by atoms with Crippen molar-refractivity contribution in [2.45, 2.75) is 38.3 Å². The molecule has 0 bridgehead atoms. The first-order valence-corrected chi connectivity index (χ1v) is 6.73. The van der Waals surface area contributed by atoms with Crippen LogP contribution in [0, 0.1) is 10.1 Å². The van der Waals surface area contributed by atoms with Crippen molar-refractivity contribution >= 4 is 11.7 Å². The summed E-state index contributed by atoms with van der Waals surface area (Å²) < 4.78 is 0. The number of likely N-dealkylation sites (tertiary alicyclic amines) is 1. The van der Waals surface area contributed by atoms with Crippen LogP contribution in [0.15, 0.2) is 24.3 Å². The van der Waals surface area contributed by atoms with Gasteiger partial charge >= 0.3 is 5.97 Å². The summed E-state index contributed by atoms with van der Waals surface area (Å²) in [6, 6.07) is 5.78. The van der Waals surface area contributed by atoms with Gasteiger partial charge in [0, 0.05) is 18.2 Å². The average Bonchev–Trinajstić information content (AvgIpc) is 2.46. The molecule has 0 amide bonds. The number of benzene rings is 1. The van der Waals surface area contributed by atoms with E-state index >= 15 is 0 Å². The molecule has 1 aliphatic heterocycles. The molecule has 1 saturated heterocycles. The smallest absolute Gasteiger partial charge is 0.320 e. The summed E-state index contributed by atoms with van der Waals surface area (Å²) in [6.45, 7) is 2.61. The number of nitro benzene ring substituents is 1. The third-order valence-electron chi connectivity index (χ3n) is 3.89. The summed E-state index contributed by atoms with van der Waals surface area (Å²) in [5.41, 5.74) is 0.825.